The minimum Gasteiger partial charge on any atom is -0.466 e. The molecule has 6 nitrogen and oxygen atoms in total. The van der Waals surface area contributed by atoms with Gasteiger partial charge in [-0.15, -0.1) is 0 Å². The predicted octanol–water partition coefficient (Wildman–Crippen LogP) is 17.0. The van der Waals surface area contributed by atoms with Crippen molar-refractivity contribution in [3.8, 4) is 0 Å². The Labute approximate surface area is 397 Å². The van der Waals surface area contributed by atoms with E-state index < -0.39 is 12.1 Å². The van der Waals surface area contributed by atoms with Crippen LogP contribution in [0, 0.1) is 0 Å². The zero-order valence-electron chi connectivity index (χ0n) is 42.5. The monoisotopic (exact) mass is 898 g/mol. The summed E-state index contributed by atoms with van der Waals surface area (Å²) in [7, 11) is 0. The fraction of sp³-hybridized carbons (Fsp3) is 0.828. The van der Waals surface area contributed by atoms with Crippen molar-refractivity contribution in [3.05, 3.63) is 48.6 Å². The molecule has 2 unspecified atom stereocenters. The zero-order valence-corrected chi connectivity index (χ0v) is 42.5. The first-order chi connectivity index (χ1) is 31.5. The van der Waals surface area contributed by atoms with Gasteiger partial charge in [0.1, 0.15) is 0 Å². The molecule has 374 valence electrons. The molecule has 0 aromatic rings. The van der Waals surface area contributed by atoms with Gasteiger partial charge >= 0.3 is 5.97 Å². The zero-order chi connectivity index (χ0) is 46.5. The number of ether oxygens (including phenoxy) is 1. The number of rotatable bonds is 51. The molecule has 0 aliphatic rings. The van der Waals surface area contributed by atoms with E-state index in [-0.39, 0.29) is 18.5 Å². The van der Waals surface area contributed by atoms with Crippen LogP contribution in [0.1, 0.15) is 284 Å². The highest BCUT2D eigenvalue weighted by atomic mass is 16.5. The van der Waals surface area contributed by atoms with Gasteiger partial charge in [-0.1, -0.05) is 229 Å². The molecule has 0 bridgehead atoms. The van der Waals surface area contributed by atoms with Crippen LogP contribution in [-0.2, 0) is 14.3 Å². The minimum absolute atomic E-state index is 0.00840. The smallest absolute Gasteiger partial charge is 0.305 e. The number of esters is 1. The predicted molar refractivity (Wildman–Crippen MR) is 278 cm³/mol. The summed E-state index contributed by atoms with van der Waals surface area (Å²) >= 11 is 0. The van der Waals surface area contributed by atoms with Crippen LogP contribution in [0.3, 0.4) is 0 Å². The molecule has 0 heterocycles. The van der Waals surface area contributed by atoms with E-state index in [0.717, 1.165) is 70.6 Å². The molecule has 3 N–H and O–H groups in total. The fourth-order valence-corrected chi connectivity index (χ4v) is 8.25. The highest BCUT2D eigenvalue weighted by Gasteiger charge is 2.18. The third-order valence-corrected chi connectivity index (χ3v) is 12.6. The Hall–Kier alpha value is -2.18. The lowest BCUT2D eigenvalue weighted by atomic mass is 10.1. The summed E-state index contributed by atoms with van der Waals surface area (Å²) in [4.78, 5) is 24.5. The number of hydrogen-bond acceptors (Lipinski definition) is 5. The summed E-state index contributed by atoms with van der Waals surface area (Å²) in [5, 5.41) is 23.0. The van der Waals surface area contributed by atoms with Crippen molar-refractivity contribution in [1.82, 2.24) is 5.32 Å². The average Bonchev–Trinajstić information content (AvgIpc) is 3.29. The number of amides is 1. The van der Waals surface area contributed by atoms with Gasteiger partial charge in [0, 0.05) is 12.8 Å². The molecule has 1 amide bonds. The molecule has 0 spiro atoms. The lowest BCUT2D eigenvalue weighted by Crippen LogP contribution is -2.45. The first-order valence-electron chi connectivity index (χ1n) is 27.9. The number of aliphatic hydroxyl groups is 2. The van der Waals surface area contributed by atoms with E-state index in [9.17, 15) is 19.8 Å². The molecule has 0 fully saturated rings. The van der Waals surface area contributed by atoms with Gasteiger partial charge in [0.05, 0.1) is 25.4 Å². The van der Waals surface area contributed by atoms with Gasteiger partial charge in [0.25, 0.3) is 0 Å². The van der Waals surface area contributed by atoms with Crippen LogP contribution in [0.15, 0.2) is 48.6 Å². The molecule has 0 rings (SSSR count). The van der Waals surface area contributed by atoms with Gasteiger partial charge in [0.15, 0.2) is 0 Å². The molecule has 0 saturated heterocycles. The van der Waals surface area contributed by atoms with Crippen molar-refractivity contribution in [2.45, 2.75) is 296 Å². The molecule has 0 saturated carbocycles. The van der Waals surface area contributed by atoms with Crippen LogP contribution >= 0.6 is 0 Å². The Morgan fingerprint density at radius 3 is 1.23 bits per heavy atom. The summed E-state index contributed by atoms with van der Waals surface area (Å²) in [5.41, 5.74) is 0. The van der Waals surface area contributed by atoms with Crippen molar-refractivity contribution in [2.24, 2.45) is 0 Å². The van der Waals surface area contributed by atoms with E-state index in [2.05, 4.69) is 55.6 Å². The molecular weight excluding hydrogens is 791 g/mol. The van der Waals surface area contributed by atoms with Gasteiger partial charge < -0.3 is 20.3 Å². The van der Waals surface area contributed by atoms with E-state index >= 15 is 0 Å². The largest absolute Gasteiger partial charge is 0.466 e. The van der Waals surface area contributed by atoms with Gasteiger partial charge in [0.2, 0.25) is 5.91 Å². The van der Waals surface area contributed by atoms with Gasteiger partial charge in [-0.2, -0.15) is 0 Å². The second-order valence-electron chi connectivity index (χ2n) is 18.9. The molecule has 6 heteroatoms. The maximum Gasteiger partial charge on any atom is 0.305 e. The summed E-state index contributed by atoms with van der Waals surface area (Å²) in [5.74, 6) is -0.0953. The van der Waals surface area contributed by atoms with Crippen molar-refractivity contribution < 1.29 is 24.5 Å². The van der Waals surface area contributed by atoms with Crippen molar-refractivity contribution in [2.75, 3.05) is 13.2 Å². The average molecular weight is 898 g/mol. The highest BCUT2D eigenvalue weighted by Crippen LogP contribution is 2.15. The van der Waals surface area contributed by atoms with Gasteiger partial charge in [-0.3, -0.25) is 9.59 Å². The van der Waals surface area contributed by atoms with Gasteiger partial charge in [-0.05, 0) is 89.9 Å². The van der Waals surface area contributed by atoms with Crippen LogP contribution in [-0.4, -0.2) is 47.4 Å². The van der Waals surface area contributed by atoms with Crippen LogP contribution in [0.25, 0.3) is 0 Å². The lowest BCUT2D eigenvalue weighted by Gasteiger charge is -2.20. The second kappa shape index (κ2) is 53.4. The molecule has 0 radical (unpaired) electrons. The number of allylic oxidation sites excluding steroid dienone is 7. The Bertz CT molecular complexity index is 1080. The maximum atomic E-state index is 12.4. The number of carbonyl (C=O) groups excluding carboxylic acids is 2. The molecule has 64 heavy (non-hydrogen) atoms. The standard InChI is InChI=1S/C58H107NO5/c1-3-5-7-9-11-13-15-17-18-19-20-21-25-28-32-36-40-44-48-52-58(63)64-53-49-45-41-37-33-29-26-23-22-24-27-31-35-39-43-47-51-57(62)59-55(54-60)56(61)50-46-42-38-34-30-16-14-12-10-8-6-4-2/h11,13,17-18,22,24,46,50,55-56,60-61H,3-10,12,14-16,19-21,23,25-45,47-49,51-54H2,1-2H3,(H,59,62)/b13-11-,18-17-,24-22-,50-46+. The molecule has 2 atom stereocenters. The highest BCUT2D eigenvalue weighted by molar-refractivity contribution is 5.76. The van der Waals surface area contributed by atoms with Crippen LogP contribution < -0.4 is 5.32 Å². The Balaban J connectivity index is 3.47. The van der Waals surface area contributed by atoms with E-state index in [0.29, 0.717) is 19.4 Å². The van der Waals surface area contributed by atoms with Crippen LogP contribution in [0.4, 0.5) is 0 Å². The SMILES string of the molecule is CCCCC/C=C\C/C=C\CCCCCCCCCCCC(=O)OCCCCCCCCC/C=C\CCCCCCCC(=O)NC(CO)C(O)/C=C/CCCCCCCCCCCC. The Morgan fingerprint density at radius 1 is 0.438 bits per heavy atom. The molecule has 0 aromatic heterocycles. The van der Waals surface area contributed by atoms with Crippen molar-refractivity contribution in [1.29, 1.82) is 0 Å². The minimum atomic E-state index is -0.855. The molecule has 0 aromatic carbocycles. The number of nitrogens with one attached hydrogen (secondary N) is 1. The Kier molecular flexibility index (Phi) is 51.6. The van der Waals surface area contributed by atoms with E-state index in [1.54, 1.807) is 6.08 Å². The van der Waals surface area contributed by atoms with Crippen molar-refractivity contribution in [3.63, 3.8) is 0 Å². The van der Waals surface area contributed by atoms with Crippen LogP contribution in [0.5, 0.6) is 0 Å². The van der Waals surface area contributed by atoms with E-state index in [1.807, 2.05) is 6.08 Å². The first kappa shape index (κ1) is 61.8. The quantitative estimate of drug-likeness (QED) is 0.0321. The second-order valence-corrected chi connectivity index (χ2v) is 18.9. The van der Waals surface area contributed by atoms with E-state index in [1.165, 1.54) is 186 Å². The van der Waals surface area contributed by atoms with Crippen molar-refractivity contribution >= 4 is 11.9 Å². The third kappa shape index (κ3) is 49.3. The molecular formula is C58H107NO5. The normalized spacial score (nSPS) is 13.0. The Morgan fingerprint density at radius 2 is 0.781 bits per heavy atom. The molecule has 0 aliphatic carbocycles. The van der Waals surface area contributed by atoms with Crippen LogP contribution in [0.2, 0.25) is 0 Å². The molecule has 0 aliphatic heterocycles. The third-order valence-electron chi connectivity index (χ3n) is 12.6. The topological polar surface area (TPSA) is 95.9 Å². The lowest BCUT2D eigenvalue weighted by molar-refractivity contribution is -0.143. The van der Waals surface area contributed by atoms with E-state index in [4.69, 9.17) is 4.74 Å². The summed E-state index contributed by atoms with van der Waals surface area (Å²) < 4.78 is 5.48. The summed E-state index contributed by atoms with van der Waals surface area (Å²) in [6.45, 7) is 4.84. The summed E-state index contributed by atoms with van der Waals surface area (Å²) in [6, 6.07) is -0.640. The summed E-state index contributed by atoms with van der Waals surface area (Å²) in [6.07, 6.45) is 66.9. The number of carbonyl (C=O) groups is 2. The number of aliphatic hydroxyl groups excluding tert-OH is 2. The van der Waals surface area contributed by atoms with Gasteiger partial charge in [-0.25, -0.2) is 0 Å². The number of unbranched alkanes of at least 4 members (excludes halogenated alkanes) is 34. The first-order valence-corrected chi connectivity index (χ1v) is 27.9. The maximum absolute atomic E-state index is 12.4. The number of hydrogen-bond donors (Lipinski definition) is 3. The fourth-order valence-electron chi connectivity index (χ4n) is 8.25.